The molecule has 0 aliphatic rings. The van der Waals surface area contributed by atoms with Gasteiger partial charge in [-0.3, -0.25) is 4.79 Å². The Kier molecular flexibility index (Phi) is 4.29. The largest absolute Gasteiger partial charge is 0.387 e. The van der Waals surface area contributed by atoms with Crippen LogP contribution < -0.4 is 10.6 Å². The third-order valence-electron chi connectivity index (χ3n) is 2.53. The number of rotatable bonds is 3. The maximum atomic E-state index is 13.6. The van der Waals surface area contributed by atoms with Gasteiger partial charge < -0.3 is 10.6 Å². The normalized spacial score (nSPS) is 10.2. The number of carbonyl (C=O) groups is 1. The summed E-state index contributed by atoms with van der Waals surface area (Å²) in [5.74, 6) is -2.18. The minimum Gasteiger partial charge on any atom is -0.387 e. The first-order valence-corrected chi connectivity index (χ1v) is 6.40. The van der Waals surface area contributed by atoms with Crippen molar-refractivity contribution in [3.05, 3.63) is 52.3 Å². The zero-order valence-corrected chi connectivity index (χ0v) is 12.0. The highest BCUT2D eigenvalue weighted by Crippen LogP contribution is 2.27. The summed E-state index contributed by atoms with van der Waals surface area (Å²) in [6.07, 6.45) is 1.48. The second kappa shape index (κ2) is 5.96. The van der Waals surface area contributed by atoms with Crippen molar-refractivity contribution in [2.75, 3.05) is 17.7 Å². The van der Waals surface area contributed by atoms with Gasteiger partial charge in [-0.15, -0.1) is 0 Å². The topological polar surface area (TPSA) is 54.0 Å². The number of carbonyl (C=O) groups excluding carboxylic acids is 1. The smallest absolute Gasteiger partial charge is 0.274 e. The van der Waals surface area contributed by atoms with Gasteiger partial charge in [0, 0.05) is 17.6 Å². The van der Waals surface area contributed by atoms with E-state index in [0.717, 1.165) is 11.8 Å². The van der Waals surface area contributed by atoms with E-state index in [9.17, 15) is 13.6 Å². The molecule has 0 aliphatic heterocycles. The number of hydrogen-bond donors (Lipinski definition) is 2. The lowest BCUT2D eigenvalue weighted by Crippen LogP contribution is -2.15. The Bertz CT molecular complexity index is 624. The zero-order chi connectivity index (χ0) is 14.7. The molecule has 1 aromatic heterocycles. The molecule has 1 amide bonds. The van der Waals surface area contributed by atoms with E-state index in [0.29, 0.717) is 6.07 Å². The lowest BCUT2D eigenvalue weighted by molar-refractivity contribution is 0.102. The number of pyridine rings is 1. The SMILES string of the molecule is CNc1ccc(C(=O)Nc2c(F)cc(F)cc2Br)nc1. The second-order valence-corrected chi connectivity index (χ2v) is 4.74. The average Bonchev–Trinajstić information content (AvgIpc) is 2.42. The molecule has 2 N–H and O–H groups in total. The lowest BCUT2D eigenvalue weighted by Gasteiger charge is -2.08. The molecule has 0 aliphatic carbocycles. The van der Waals surface area contributed by atoms with E-state index in [-0.39, 0.29) is 15.9 Å². The number of hydrogen-bond acceptors (Lipinski definition) is 3. The summed E-state index contributed by atoms with van der Waals surface area (Å²) in [5, 5.41) is 5.21. The molecule has 2 rings (SSSR count). The quantitative estimate of drug-likeness (QED) is 0.899. The highest BCUT2D eigenvalue weighted by Gasteiger charge is 2.14. The van der Waals surface area contributed by atoms with Crippen molar-refractivity contribution in [3.63, 3.8) is 0 Å². The minimum atomic E-state index is -0.864. The number of anilines is 2. The molecule has 1 aromatic carbocycles. The number of nitrogens with one attached hydrogen (secondary N) is 2. The predicted molar refractivity (Wildman–Crippen MR) is 75.8 cm³/mol. The minimum absolute atomic E-state index is 0.121. The monoisotopic (exact) mass is 341 g/mol. The first kappa shape index (κ1) is 14.4. The van der Waals surface area contributed by atoms with Crippen molar-refractivity contribution in [3.8, 4) is 0 Å². The molecule has 4 nitrogen and oxygen atoms in total. The molecule has 20 heavy (non-hydrogen) atoms. The van der Waals surface area contributed by atoms with Crippen molar-refractivity contribution in [1.82, 2.24) is 4.98 Å². The van der Waals surface area contributed by atoms with Crippen LogP contribution in [-0.4, -0.2) is 17.9 Å². The highest BCUT2D eigenvalue weighted by atomic mass is 79.9. The Hall–Kier alpha value is -2.02. The van der Waals surface area contributed by atoms with Gasteiger partial charge in [-0.1, -0.05) is 0 Å². The number of aromatic nitrogens is 1. The number of benzene rings is 1. The maximum Gasteiger partial charge on any atom is 0.274 e. The van der Waals surface area contributed by atoms with E-state index in [1.54, 1.807) is 13.1 Å². The number of halogens is 3. The highest BCUT2D eigenvalue weighted by molar-refractivity contribution is 9.10. The van der Waals surface area contributed by atoms with E-state index in [4.69, 9.17) is 0 Å². The fraction of sp³-hybridized carbons (Fsp3) is 0.0769. The average molecular weight is 342 g/mol. The van der Waals surface area contributed by atoms with Gasteiger partial charge in [-0.25, -0.2) is 13.8 Å². The molecule has 0 atom stereocenters. The van der Waals surface area contributed by atoms with Crippen molar-refractivity contribution in [2.45, 2.75) is 0 Å². The molecular formula is C13H10BrF2N3O. The Labute approximate surface area is 122 Å². The third-order valence-corrected chi connectivity index (χ3v) is 3.16. The van der Waals surface area contributed by atoms with Gasteiger partial charge in [0.25, 0.3) is 5.91 Å². The summed E-state index contributed by atoms with van der Waals surface area (Å²) in [5.41, 5.74) is 0.742. The fourth-order valence-corrected chi connectivity index (χ4v) is 2.02. The molecule has 0 spiro atoms. The van der Waals surface area contributed by atoms with Crippen LogP contribution in [0.15, 0.2) is 34.9 Å². The van der Waals surface area contributed by atoms with Crippen LogP contribution in [0.1, 0.15) is 10.5 Å². The summed E-state index contributed by atoms with van der Waals surface area (Å²) < 4.78 is 26.7. The molecule has 7 heteroatoms. The third kappa shape index (κ3) is 3.11. The second-order valence-electron chi connectivity index (χ2n) is 3.88. The van der Waals surface area contributed by atoms with Gasteiger partial charge in [0.2, 0.25) is 0 Å². The van der Waals surface area contributed by atoms with Gasteiger partial charge in [-0.2, -0.15) is 0 Å². The Balaban J connectivity index is 2.23. The summed E-state index contributed by atoms with van der Waals surface area (Å²) in [4.78, 5) is 15.9. The summed E-state index contributed by atoms with van der Waals surface area (Å²) in [6, 6.07) is 4.92. The van der Waals surface area contributed by atoms with Crippen LogP contribution in [-0.2, 0) is 0 Å². The van der Waals surface area contributed by atoms with E-state index in [1.807, 2.05) is 0 Å². The van der Waals surface area contributed by atoms with Gasteiger partial charge in [0.1, 0.15) is 11.5 Å². The van der Waals surface area contributed by atoms with E-state index in [2.05, 4.69) is 31.5 Å². The molecule has 0 radical (unpaired) electrons. The first-order chi connectivity index (χ1) is 9.51. The van der Waals surface area contributed by atoms with E-state index < -0.39 is 17.5 Å². The summed E-state index contributed by atoms with van der Waals surface area (Å²) >= 11 is 3.00. The molecule has 0 fully saturated rings. The Morgan fingerprint density at radius 2 is 2.05 bits per heavy atom. The molecule has 0 bridgehead atoms. The standard InChI is InChI=1S/C13H10BrF2N3O/c1-17-8-2-3-11(18-6-8)13(20)19-12-9(14)4-7(15)5-10(12)16/h2-6,17H,1H3,(H,19,20). The summed E-state index contributed by atoms with van der Waals surface area (Å²) in [6.45, 7) is 0. The predicted octanol–water partition coefficient (Wildman–Crippen LogP) is 3.42. The van der Waals surface area contributed by atoms with Gasteiger partial charge in [-0.05, 0) is 34.1 Å². The maximum absolute atomic E-state index is 13.6. The molecule has 0 saturated carbocycles. The molecule has 1 heterocycles. The molecule has 104 valence electrons. The molecular weight excluding hydrogens is 332 g/mol. The van der Waals surface area contributed by atoms with Crippen molar-refractivity contribution in [2.24, 2.45) is 0 Å². The van der Waals surface area contributed by atoms with E-state index in [1.165, 1.54) is 12.3 Å². The zero-order valence-electron chi connectivity index (χ0n) is 10.4. The van der Waals surface area contributed by atoms with Crippen LogP contribution in [0.5, 0.6) is 0 Å². The van der Waals surface area contributed by atoms with Crippen molar-refractivity contribution in [1.29, 1.82) is 0 Å². The Morgan fingerprint density at radius 1 is 1.30 bits per heavy atom. The van der Waals surface area contributed by atoms with Crippen molar-refractivity contribution < 1.29 is 13.6 Å². The van der Waals surface area contributed by atoms with Crippen LogP contribution in [0.4, 0.5) is 20.2 Å². The molecule has 2 aromatic rings. The van der Waals surface area contributed by atoms with Gasteiger partial charge in [0.05, 0.1) is 17.6 Å². The number of amides is 1. The van der Waals surface area contributed by atoms with Crippen LogP contribution in [0.3, 0.4) is 0 Å². The van der Waals surface area contributed by atoms with Crippen LogP contribution in [0.2, 0.25) is 0 Å². The van der Waals surface area contributed by atoms with Crippen LogP contribution in [0, 0.1) is 11.6 Å². The Morgan fingerprint density at radius 3 is 2.60 bits per heavy atom. The van der Waals surface area contributed by atoms with E-state index >= 15 is 0 Å². The van der Waals surface area contributed by atoms with Gasteiger partial charge in [0.15, 0.2) is 5.82 Å². The lowest BCUT2D eigenvalue weighted by atomic mass is 10.2. The fourth-order valence-electron chi connectivity index (χ4n) is 1.52. The van der Waals surface area contributed by atoms with Crippen molar-refractivity contribution >= 4 is 33.2 Å². The summed E-state index contributed by atoms with van der Waals surface area (Å²) in [7, 11) is 1.72. The first-order valence-electron chi connectivity index (χ1n) is 5.61. The van der Waals surface area contributed by atoms with Crippen LogP contribution >= 0.6 is 15.9 Å². The van der Waals surface area contributed by atoms with Crippen LogP contribution in [0.25, 0.3) is 0 Å². The van der Waals surface area contributed by atoms with Gasteiger partial charge >= 0.3 is 0 Å². The number of nitrogens with zero attached hydrogens (tertiary/aromatic N) is 1. The molecule has 0 saturated heterocycles. The molecule has 0 unspecified atom stereocenters.